The van der Waals surface area contributed by atoms with Gasteiger partial charge in [0.1, 0.15) is 5.82 Å². The number of piperidine rings is 1. The van der Waals surface area contributed by atoms with E-state index in [1.54, 1.807) is 9.80 Å². The molecule has 0 unspecified atom stereocenters. The predicted molar refractivity (Wildman–Crippen MR) is 119 cm³/mol. The zero-order valence-corrected chi connectivity index (χ0v) is 18.5. The van der Waals surface area contributed by atoms with Crippen LogP contribution < -0.4 is 4.90 Å². The number of aryl methyl sites for hydroxylation is 1. The molecule has 2 aliphatic rings. The lowest BCUT2D eigenvalue weighted by atomic mass is 10.1. The first-order chi connectivity index (χ1) is 14.9. The summed E-state index contributed by atoms with van der Waals surface area (Å²) in [5.74, 6) is -1.02. The summed E-state index contributed by atoms with van der Waals surface area (Å²) in [5.41, 5.74) is 2.09. The molecular weight excluding hydrogens is 415 g/mol. The average molecular weight is 443 g/mol. The lowest BCUT2D eigenvalue weighted by Gasteiger charge is -2.32. The monoisotopic (exact) mass is 442 g/mol. The van der Waals surface area contributed by atoms with Crippen LogP contribution in [0.25, 0.3) is 0 Å². The van der Waals surface area contributed by atoms with Gasteiger partial charge in [-0.1, -0.05) is 25.5 Å². The highest BCUT2D eigenvalue weighted by Crippen LogP contribution is 2.40. The smallest absolute Gasteiger partial charge is 0.267 e. The highest BCUT2D eigenvalue weighted by Gasteiger charge is 2.38. The minimum Gasteiger partial charge on any atom is -0.338 e. The standard InChI is InChI=1S/C24H27FN2O3S/c1-2-3-7-18-8-11-20(12-9-18)27-17-23(24(28)26-14-5-4-6-15-26)31(29,30)22-13-10-19(25)16-21(22)27/h8-13,16-17H,2-7,14-15H2,1H3. The van der Waals surface area contributed by atoms with E-state index < -0.39 is 21.6 Å². The molecular formula is C24H27FN2O3S. The Kier molecular flexibility index (Phi) is 6.14. The van der Waals surface area contributed by atoms with Crippen LogP contribution >= 0.6 is 0 Å². The molecule has 2 aromatic carbocycles. The minimum absolute atomic E-state index is 0.0492. The molecule has 1 amide bonds. The number of anilines is 2. The number of unbranched alkanes of at least 4 members (excludes halogenated alkanes) is 1. The summed E-state index contributed by atoms with van der Waals surface area (Å²) in [6, 6.07) is 11.3. The van der Waals surface area contributed by atoms with Crippen molar-refractivity contribution in [1.29, 1.82) is 0 Å². The number of halogens is 1. The zero-order chi connectivity index (χ0) is 22.0. The quantitative estimate of drug-likeness (QED) is 0.615. The van der Waals surface area contributed by atoms with Gasteiger partial charge in [0.15, 0.2) is 4.91 Å². The van der Waals surface area contributed by atoms with E-state index in [0.717, 1.165) is 44.6 Å². The third-order valence-electron chi connectivity index (χ3n) is 5.89. The second kappa shape index (κ2) is 8.83. The number of carbonyl (C=O) groups excluding carboxylic acids is 1. The zero-order valence-electron chi connectivity index (χ0n) is 17.7. The number of nitrogens with zero attached hydrogens (tertiary/aromatic N) is 2. The van der Waals surface area contributed by atoms with Crippen LogP contribution in [0, 0.1) is 5.82 Å². The highest BCUT2D eigenvalue weighted by atomic mass is 32.2. The van der Waals surface area contributed by atoms with E-state index in [9.17, 15) is 17.6 Å². The van der Waals surface area contributed by atoms with Gasteiger partial charge in [0.05, 0.1) is 10.6 Å². The Morgan fingerprint density at radius 2 is 1.74 bits per heavy atom. The Hall–Kier alpha value is -2.67. The molecule has 0 radical (unpaired) electrons. The molecule has 0 bridgehead atoms. The van der Waals surface area contributed by atoms with Gasteiger partial charge in [-0.2, -0.15) is 0 Å². The van der Waals surface area contributed by atoms with Crippen LogP contribution in [0.1, 0.15) is 44.6 Å². The van der Waals surface area contributed by atoms with Crippen LogP contribution in [-0.4, -0.2) is 32.3 Å². The number of carbonyl (C=O) groups is 1. The molecule has 1 fully saturated rings. The number of hydrogen-bond acceptors (Lipinski definition) is 4. The summed E-state index contributed by atoms with van der Waals surface area (Å²) < 4.78 is 40.6. The van der Waals surface area contributed by atoms with Crippen molar-refractivity contribution in [2.75, 3.05) is 18.0 Å². The van der Waals surface area contributed by atoms with Crippen LogP contribution in [0.5, 0.6) is 0 Å². The summed E-state index contributed by atoms with van der Waals surface area (Å²) in [7, 11) is -4.05. The van der Waals surface area contributed by atoms with Crippen molar-refractivity contribution in [3.63, 3.8) is 0 Å². The molecule has 31 heavy (non-hydrogen) atoms. The molecule has 0 saturated carbocycles. The highest BCUT2D eigenvalue weighted by molar-refractivity contribution is 7.96. The lowest BCUT2D eigenvalue weighted by Crippen LogP contribution is -2.39. The molecule has 2 aliphatic heterocycles. The van der Waals surface area contributed by atoms with Crippen LogP contribution in [-0.2, 0) is 21.1 Å². The van der Waals surface area contributed by atoms with Crippen LogP contribution in [0.15, 0.2) is 58.5 Å². The van der Waals surface area contributed by atoms with E-state index in [1.807, 2.05) is 24.3 Å². The average Bonchev–Trinajstić information content (AvgIpc) is 2.78. The van der Waals surface area contributed by atoms with Crippen molar-refractivity contribution in [2.24, 2.45) is 0 Å². The first-order valence-corrected chi connectivity index (χ1v) is 12.3. The third-order valence-corrected chi connectivity index (χ3v) is 7.68. The summed E-state index contributed by atoms with van der Waals surface area (Å²) in [6.45, 7) is 3.24. The molecule has 1 saturated heterocycles. The molecule has 0 aliphatic carbocycles. The van der Waals surface area contributed by atoms with E-state index >= 15 is 0 Å². The summed E-state index contributed by atoms with van der Waals surface area (Å²) >= 11 is 0. The first kappa shape index (κ1) is 21.6. The normalized spacial score (nSPS) is 17.8. The lowest BCUT2D eigenvalue weighted by molar-refractivity contribution is -0.127. The molecule has 164 valence electrons. The predicted octanol–water partition coefficient (Wildman–Crippen LogP) is 4.95. The van der Waals surface area contributed by atoms with Crippen LogP contribution in [0.3, 0.4) is 0 Å². The van der Waals surface area contributed by atoms with Gasteiger partial charge in [0, 0.05) is 25.0 Å². The fraction of sp³-hybridized carbons (Fsp3) is 0.375. The fourth-order valence-corrected chi connectivity index (χ4v) is 5.64. The van der Waals surface area contributed by atoms with Gasteiger partial charge in [0.2, 0.25) is 9.84 Å². The molecule has 4 rings (SSSR count). The van der Waals surface area contributed by atoms with Gasteiger partial charge in [-0.15, -0.1) is 0 Å². The SMILES string of the molecule is CCCCc1ccc(N2C=C(C(=O)N3CCCCC3)S(=O)(=O)c3ccc(F)cc32)cc1. The maximum Gasteiger partial charge on any atom is 0.267 e. The van der Waals surface area contributed by atoms with Crippen molar-refractivity contribution in [3.8, 4) is 0 Å². The second-order valence-corrected chi connectivity index (χ2v) is 9.99. The van der Waals surface area contributed by atoms with Gasteiger partial charge in [-0.3, -0.25) is 4.79 Å². The van der Waals surface area contributed by atoms with Gasteiger partial charge in [0.25, 0.3) is 5.91 Å². The van der Waals surface area contributed by atoms with E-state index in [2.05, 4.69) is 6.92 Å². The number of hydrogen-bond donors (Lipinski definition) is 0. The fourth-order valence-electron chi connectivity index (χ4n) is 4.12. The maximum absolute atomic E-state index is 14.1. The first-order valence-electron chi connectivity index (χ1n) is 10.9. The number of fused-ring (bicyclic) bond motifs is 1. The summed E-state index contributed by atoms with van der Waals surface area (Å²) in [6.07, 6.45) is 7.27. The van der Waals surface area contributed by atoms with Crippen molar-refractivity contribution in [1.82, 2.24) is 4.90 Å². The summed E-state index contributed by atoms with van der Waals surface area (Å²) in [4.78, 5) is 16.1. The molecule has 7 heteroatoms. The number of likely N-dealkylation sites (tertiary alicyclic amines) is 1. The van der Waals surface area contributed by atoms with E-state index in [-0.39, 0.29) is 15.5 Å². The minimum atomic E-state index is -4.05. The number of rotatable bonds is 5. The molecule has 0 N–H and O–H groups in total. The van der Waals surface area contributed by atoms with E-state index in [4.69, 9.17) is 0 Å². The Morgan fingerprint density at radius 1 is 1.03 bits per heavy atom. The number of benzene rings is 2. The van der Waals surface area contributed by atoms with Crippen LogP contribution in [0.2, 0.25) is 0 Å². The molecule has 0 atom stereocenters. The second-order valence-electron chi connectivity index (χ2n) is 8.10. The topological polar surface area (TPSA) is 57.7 Å². The molecule has 0 spiro atoms. The number of sulfone groups is 1. The molecule has 0 aromatic heterocycles. The van der Waals surface area contributed by atoms with Gasteiger partial charge in [-0.25, -0.2) is 12.8 Å². The largest absolute Gasteiger partial charge is 0.338 e. The Labute approximate surface area is 183 Å². The Balaban J connectivity index is 1.78. The Bertz CT molecular complexity index is 1100. The maximum atomic E-state index is 14.1. The molecule has 2 aromatic rings. The van der Waals surface area contributed by atoms with Gasteiger partial charge < -0.3 is 9.80 Å². The van der Waals surface area contributed by atoms with E-state index in [1.165, 1.54) is 23.9 Å². The van der Waals surface area contributed by atoms with Gasteiger partial charge >= 0.3 is 0 Å². The van der Waals surface area contributed by atoms with Crippen molar-refractivity contribution in [2.45, 2.75) is 50.3 Å². The third kappa shape index (κ3) is 4.24. The Morgan fingerprint density at radius 3 is 2.42 bits per heavy atom. The van der Waals surface area contributed by atoms with Gasteiger partial charge in [-0.05, 0) is 68.0 Å². The number of amides is 1. The van der Waals surface area contributed by atoms with Crippen molar-refractivity contribution < 1.29 is 17.6 Å². The van der Waals surface area contributed by atoms with Crippen molar-refractivity contribution in [3.05, 3.63) is 65.0 Å². The van der Waals surface area contributed by atoms with Crippen LogP contribution in [0.4, 0.5) is 15.8 Å². The van der Waals surface area contributed by atoms with E-state index in [0.29, 0.717) is 18.8 Å². The summed E-state index contributed by atoms with van der Waals surface area (Å²) in [5, 5.41) is 0. The molecule has 5 nitrogen and oxygen atoms in total. The molecule has 2 heterocycles. The van der Waals surface area contributed by atoms with Crippen molar-refractivity contribution >= 4 is 27.1 Å².